The Balaban J connectivity index is 2.08. The highest BCUT2D eigenvalue weighted by Gasteiger charge is 2.31. The van der Waals surface area contributed by atoms with Gasteiger partial charge in [-0.2, -0.15) is 5.10 Å². The van der Waals surface area contributed by atoms with Gasteiger partial charge in [0.2, 0.25) is 0 Å². The number of nitrogens with one attached hydrogen (secondary N) is 1. The quantitative estimate of drug-likeness (QED) is 0.846. The van der Waals surface area contributed by atoms with E-state index >= 15 is 0 Å². The van der Waals surface area contributed by atoms with E-state index in [1.165, 1.54) is 0 Å². The Morgan fingerprint density at radius 2 is 2.26 bits per heavy atom. The van der Waals surface area contributed by atoms with Crippen LogP contribution < -0.4 is 0 Å². The predicted octanol–water partition coefficient (Wildman–Crippen LogP) is 1.36. The van der Waals surface area contributed by atoms with Gasteiger partial charge in [-0.3, -0.25) is 14.6 Å². The summed E-state index contributed by atoms with van der Waals surface area (Å²) < 4.78 is 25.4. The number of nitrogens with zero attached hydrogens (tertiary/aromatic N) is 3. The molecule has 19 heavy (non-hydrogen) atoms. The van der Waals surface area contributed by atoms with Gasteiger partial charge in [0.25, 0.3) is 0 Å². The molecule has 0 bridgehead atoms. The van der Waals surface area contributed by atoms with Crippen molar-refractivity contribution in [2.24, 2.45) is 0 Å². The van der Waals surface area contributed by atoms with E-state index < -0.39 is 9.84 Å². The number of hydrogen-bond donors (Lipinski definition) is 1. The number of aromatic amines is 1. The molecule has 2 aromatic rings. The lowest BCUT2D eigenvalue weighted by Gasteiger charge is -2.12. The molecule has 100 valence electrons. The first-order valence-corrected chi connectivity index (χ1v) is 8.08. The van der Waals surface area contributed by atoms with E-state index in [1.807, 2.05) is 18.2 Å². The monoisotopic (exact) mass is 296 g/mol. The molecular weight excluding hydrogens is 284 g/mol. The predicted molar refractivity (Wildman–Crippen MR) is 73.0 cm³/mol. The van der Waals surface area contributed by atoms with Crippen LogP contribution in [0.1, 0.15) is 12.5 Å². The Bertz CT molecular complexity index is 749. The zero-order valence-electron chi connectivity index (χ0n) is 9.98. The van der Waals surface area contributed by atoms with E-state index in [0.29, 0.717) is 22.7 Å². The second-order valence-electron chi connectivity index (χ2n) is 4.49. The lowest BCUT2D eigenvalue weighted by Crippen LogP contribution is -2.12. The van der Waals surface area contributed by atoms with Gasteiger partial charge in [-0.05, 0) is 30.8 Å². The normalized spacial score (nSPS) is 21.6. The zero-order chi connectivity index (χ0) is 13.5. The highest BCUT2D eigenvalue weighted by Crippen LogP contribution is 2.27. The van der Waals surface area contributed by atoms with E-state index in [9.17, 15) is 8.42 Å². The molecule has 1 aliphatic heterocycles. The smallest absolute Gasteiger partial charge is 0.195 e. The molecule has 0 amide bonds. The van der Waals surface area contributed by atoms with Gasteiger partial charge in [0.15, 0.2) is 20.4 Å². The molecule has 1 saturated heterocycles. The lowest BCUT2D eigenvalue weighted by atomic mass is 10.2. The second-order valence-corrected chi connectivity index (χ2v) is 7.11. The molecule has 3 rings (SSSR count). The van der Waals surface area contributed by atoms with E-state index in [1.54, 1.807) is 10.8 Å². The summed E-state index contributed by atoms with van der Waals surface area (Å²) in [4.78, 5) is 4.23. The Morgan fingerprint density at radius 3 is 2.89 bits per heavy atom. The van der Waals surface area contributed by atoms with Crippen molar-refractivity contribution in [2.75, 3.05) is 11.5 Å². The molecule has 0 spiro atoms. The molecule has 1 N–H and O–H groups in total. The number of hydrogen-bond acceptors (Lipinski definition) is 5. The summed E-state index contributed by atoms with van der Waals surface area (Å²) in [6, 6.07) is 5.34. The molecule has 1 fully saturated rings. The van der Waals surface area contributed by atoms with Gasteiger partial charge in [-0.15, -0.1) is 0 Å². The molecule has 3 heterocycles. The van der Waals surface area contributed by atoms with Crippen LogP contribution in [-0.4, -0.2) is 39.7 Å². The summed E-state index contributed by atoms with van der Waals surface area (Å²) in [7, 11) is -2.97. The molecule has 1 unspecified atom stereocenters. The largest absolute Gasteiger partial charge is 0.295 e. The van der Waals surface area contributed by atoms with Crippen molar-refractivity contribution in [3.8, 4) is 11.5 Å². The number of aromatic nitrogens is 4. The first kappa shape index (κ1) is 12.5. The highest BCUT2D eigenvalue weighted by molar-refractivity contribution is 7.91. The van der Waals surface area contributed by atoms with Gasteiger partial charge >= 0.3 is 0 Å². The van der Waals surface area contributed by atoms with E-state index in [4.69, 9.17) is 12.2 Å². The maximum atomic E-state index is 11.6. The fourth-order valence-corrected chi connectivity index (χ4v) is 4.28. The van der Waals surface area contributed by atoms with Crippen LogP contribution in [0.3, 0.4) is 0 Å². The van der Waals surface area contributed by atoms with Crippen molar-refractivity contribution in [1.82, 2.24) is 19.7 Å². The second kappa shape index (κ2) is 4.53. The van der Waals surface area contributed by atoms with Crippen molar-refractivity contribution in [1.29, 1.82) is 0 Å². The molecule has 0 saturated carbocycles. The number of H-pyrrole nitrogens is 1. The minimum absolute atomic E-state index is 0.112. The first-order valence-electron chi connectivity index (χ1n) is 5.85. The fourth-order valence-electron chi connectivity index (χ4n) is 2.30. The fraction of sp³-hybridized carbons (Fsp3) is 0.364. The number of rotatable bonds is 2. The van der Waals surface area contributed by atoms with Crippen molar-refractivity contribution >= 4 is 22.1 Å². The summed E-state index contributed by atoms with van der Waals surface area (Å²) in [6.45, 7) is 0. The molecule has 1 aliphatic rings. The van der Waals surface area contributed by atoms with Crippen LogP contribution >= 0.6 is 12.2 Å². The van der Waals surface area contributed by atoms with Gasteiger partial charge in [0.05, 0.1) is 17.5 Å². The van der Waals surface area contributed by atoms with Crippen molar-refractivity contribution in [3.05, 3.63) is 29.2 Å². The third-order valence-corrected chi connectivity index (χ3v) is 5.21. The van der Waals surface area contributed by atoms with Crippen LogP contribution in [0.5, 0.6) is 0 Å². The van der Waals surface area contributed by atoms with Gasteiger partial charge in [-0.25, -0.2) is 8.42 Å². The van der Waals surface area contributed by atoms with Crippen LogP contribution in [0, 0.1) is 4.77 Å². The average Bonchev–Trinajstić information content (AvgIpc) is 2.93. The minimum Gasteiger partial charge on any atom is -0.295 e. The third kappa shape index (κ3) is 2.33. The Labute approximate surface area is 115 Å². The molecule has 0 aliphatic carbocycles. The zero-order valence-corrected chi connectivity index (χ0v) is 11.6. The Hall–Kier alpha value is -1.54. The molecule has 2 aromatic heterocycles. The van der Waals surface area contributed by atoms with E-state index in [0.717, 1.165) is 0 Å². The average molecular weight is 296 g/mol. The molecule has 6 nitrogen and oxygen atoms in total. The van der Waals surface area contributed by atoms with Crippen LogP contribution in [0.15, 0.2) is 24.4 Å². The molecule has 0 radical (unpaired) electrons. The van der Waals surface area contributed by atoms with Crippen molar-refractivity contribution in [3.63, 3.8) is 0 Å². The number of sulfone groups is 1. The van der Waals surface area contributed by atoms with E-state index in [2.05, 4.69) is 15.2 Å². The molecule has 8 heteroatoms. The summed E-state index contributed by atoms with van der Waals surface area (Å²) in [6.07, 6.45) is 2.23. The summed E-state index contributed by atoms with van der Waals surface area (Å²) in [5.41, 5.74) is 0.680. The summed E-state index contributed by atoms with van der Waals surface area (Å²) >= 11 is 5.21. The number of pyridine rings is 1. The van der Waals surface area contributed by atoms with Crippen LogP contribution in [0.25, 0.3) is 11.5 Å². The van der Waals surface area contributed by atoms with Crippen molar-refractivity contribution in [2.45, 2.75) is 12.5 Å². The SMILES string of the molecule is O=S1(=O)CCC(n2c(-c3ccccn3)n[nH]c2=S)C1. The first-order chi connectivity index (χ1) is 9.07. The highest BCUT2D eigenvalue weighted by atomic mass is 32.2. The Kier molecular flexibility index (Phi) is 2.98. The molecule has 1 atom stereocenters. The van der Waals surface area contributed by atoms with Crippen LogP contribution in [0.4, 0.5) is 0 Å². The third-order valence-electron chi connectivity index (χ3n) is 3.17. The summed E-state index contributed by atoms with van der Waals surface area (Å²) in [5, 5.41) is 6.89. The maximum absolute atomic E-state index is 11.6. The lowest BCUT2D eigenvalue weighted by molar-refractivity contribution is 0.552. The Morgan fingerprint density at radius 1 is 1.42 bits per heavy atom. The summed E-state index contributed by atoms with van der Waals surface area (Å²) in [5.74, 6) is 0.903. The van der Waals surface area contributed by atoms with Gasteiger partial charge < -0.3 is 0 Å². The standard InChI is InChI=1S/C11H12N4O2S2/c16-19(17)6-4-8(7-19)15-10(13-14-11(15)18)9-3-1-2-5-12-9/h1-3,5,8H,4,6-7H2,(H,14,18). The minimum atomic E-state index is -2.97. The molecular formula is C11H12N4O2S2. The molecule has 0 aromatic carbocycles. The van der Waals surface area contributed by atoms with Gasteiger partial charge in [0.1, 0.15) is 5.69 Å². The van der Waals surface area contributed by atoms with Crippen molar-refractivity contribution < 1.29 is 8.42 Å². The van der Waals surface area contributed by atoms with Gasteiger partial charge in [-0.1, -0.05) is 6.07 Å². The van der Waals surface area contributed by atoms with Gasteiger partial charge in [0, 0.05) is 6.20 Å². The van der Waals surface area contributed by atoms with Crippen LogP contribution in [-0.2, 0) is 9.84 Å². The topological polar surface area (TPSA) is 80.6 Å². The van der Waals surface area contributed by atoms with Crippen LogP contribution in [0.2, 0.25) is 0 Å². The maximum Gasteiger partial charge on any atom is 0.195 e. The van der Waals surface area contributed by atoms with E-state index in [-0.39, 0.29) is 17.5 Å².